The van der Waals surface area contributed by atoms with Crippen LogP contribution >= 0.6 is 0 Å². The Bertz CT molecular complexity index is 1180. The van der Waals surface area contributed by atoms with Gasteiger partial charge in [0.05, 0.1) is 10.6 Å². The lowest BCUT2D eigenvalue weighted by molar-refractivity contribution is -0.133. The number of hydrogen-bond acceptors (Lipinski definition) is 3. The minimum absolute atomic E-state index is 0.0132. The van der Waals surface area contributed by atoms with Gasteiger partial charge >= 0.3 is 0 Å². The number of halogens is 1. The fraction of sp³-hybridized carbons (Fsp3) is 0.348. The molecule has 1 aliphatic heterocycles. The summed E-state index contributed by atoms with van der Waals surface area (Å²) < 4.78 is 42.0. The van der Waals surface area contributed by atoms with Crippen LogP contribution < -0.4 is 0 Å². The zero-order valence-corrected chi connectivity index (χ0v) is 17.7. The number of carbonyl (C=O) groups excluding carboxylic acids is 1. The standard InChI is InChI=1S/C23H25FN2O3S/c1-17-10-12-25(13-11-17)23(27)15-26-14-22(19-7-3-5-9-21(19)26)30(28,29)16-18-6-2-4-8-20(18)24/h2-9,14,17H,10-13,15-16H2,1H3. The number of fused-ring (bicyclic) bond motifs is 1. The van der Waals surface area contributed by atoms with Crippen molar-refractivity contribution in [2.75, 3.05) is 13.1 Å². The third-order valence-corrected chi connectivity index (χ3v) is 7.52. The van der Waals surface area contributed by atoms with E-state index < -0.39 is 21.4 Å². The molecule has 158 valence electrons. The molecule has 3 aromatic rings. The number of nitrogens with zero attached hydrogens (tertiary/aromatic N) is 2. The topological polar surface area (TPSA) is 59.4 Å². The summed E-state index contributed by atoms with van der Waals surface area (Å²) in [6.45, 7) is 3.74. The van der Waals surface area contributed by atoms with Gasteiger partial charge in [0.1, 0.15) is 12.4 Å². The molecule has 0 atom stereocenters. The maximum atomic E-state index is 14.0. The Kier molecular flexibility index (Phi) is 5.64. The van der Waals surface area contributed by atoms with E-state index in [4.69, 9.17) is 0 Å². The van der Waals surface area contributed by atoms with Crippen molar-refractivity contribution in [3.63, 3.8) is 0 Å². The van der Waals surface area contributed by atoms with Crippen molar-refractivity contribution in [2.24, 2.45) is 5.92 Å². The highest BCUT2D eigenvalue weighted by Gasteiger charge is 2.25. The Hall–Kier alpha value is -2.67. The number of benzene rings is 2. The zero-order valence-electron chi connectivity index (χ0n) is 16.9. The molecule has 0 radical (unpaired) electrons. The highest BCUT2D eigenvalue weighted by Crippen LogP contribution is 2.29. The normalized spacial score (nSPS) is 15.6. The number of hydrogen-bond donors (Lipinski definition) is 0. The number of sulfone groups is 1. The Morgan fingerprint density at radius 1 is 1.07 bits per heavy atom. The summed E-state index contributed by atoms with van der Waals surface area (Å²) >= 11 is 0. The molecule has 1 amide bonds. The second-order valence-electron chi connectivity index (χ2n) is 8.05. The third-order valence-electron chi connectivity index (χ3n) is 5.83. The van der Waals surface area contributed by atoms with E-state index >= 15 is 0 Å². The zero-order chi connectivity index (χ0) is 21.3. The van der Waals surface area contributed by atoms with Crippen LogP contribution in [-0.2, 0) is 26.9 Å². The van der Waals surface area contributed by atoms with E-state index in [1.54, 1.807) is 22.8 Å². The fourth-order valence-electron chi connectivity index (χ4n) is 3.99. The van der Waals surface area contributed by atoms with Crippen molar-refractivity contribution in [3.8, 4) is 0 Å². The molecule has 2 heterocycles. The van der Waals surface area contributed by atoms with Crippen LogP contribution in [0.4, 0.5) is 4.39 Å². The molecule has 0 bridgehead atoms. The maximum absolute atomic E-state index is 14.0. The predicted molar refractivity (Wildman–Crippen MR) is 114 cm³/mol. The van der Waals surface area contributed by atoms with Crippen molar-refractivity contribution < 1.29 is 17.6 Å². The SMILES string of the molecule is CC1CCN(C(=O)Cn2cc(S(=O)(=O)Cc3ccccc3F)c3ccccc32)CC1. The van der Waals surface area contributed by atoms with Gasteiger partial charge in [-0.05, 0) is 30.9 Å². The van der Waals surface area contributed by atoms with Gasteiger partial charge in [0.2, 0.25) is 5.91 Å². The molecule has 4 rings (SSSR count). The third kappa shape index (κ3) is 4.12. The number of para-hydroxylation sites is 1. The first-order valence-corrected chi connectivity index (χ1v) is 11.8. The molecule has 7 heteroatoms. The summed E-state index contributed by atoms with van der Waals surface area (Å²) in [7, 11) is -3.80. The highest BCUT2D eigenvalue weighted by atomic mass is 32.2. The highest BCUT2D eigenvalue weighted by molar-refractivity contribution is 7.90. The van der Waals surface area contributed by atoms with Crippen molar-refractivity contribution >= 4 is 26.6 Å². The van der Waals surface area contributed by atoms with Gasteiger partial charge in [-0.3, -0.25) is 4.79 Å². The smallest absolute Gasteiger partial charge is 0.242 e. The largest absolute Gasteiger partial charge is 0.341 e. The lowest BCUT2D eigenvalue weighted by Crippen LogP contribution is -2.39. The number of rotatable bonds is 5. The van der Waals surface area contributed by atoms with Crippen LogP contribution in [0.3, 0.4) is 0 Å². The number of carbonyl (C=O) groups is 1. The van der Waals surface area contributed by atoms with Crippen LogP contribution in [0.5, 0.6) is 0 Å². The van der Waals surface area contributed by atoms with E-state index in [9.17, 15) is 17.6 Å². The minimum atomic E-state index is -3.80. The Morgan fingerprint density at radius 3 is 2.47 bits per heavy atom. The molecule has 0 N–H and O–H groups in total. The van der Waals surface area contributed by atoms with Gasteiger partial charge in [-0.2, -0.15) is 0 Å². The summed E-state index contributed by atoms with van der Waals surface area (Å²) in [6.07, 6.45) is 3.49. The molecule has 0 saturated carbocycles. The minimum Gasteiger partial charge on any atom is -0.341 e. The molecule has 30 heavy (non-hydrogen) atoms. The Labute approximate surface area is 176 Å². The maximum Gasteiger partial charge on any atom is 0.242 e. The lowest BCUT2D eigenvalue weighted by Gasteiger charge is -2.30. The van der Waals surface area contributed by atoms with Crippen molar-refractivity contribution in [1.82, 2.24) is 9.47 Å². The molecule has 1 aromatic heterocycles. The Balaban J connectivity index is 1.65. The number of aromatic nitrogens is 1. The molecular weight excluding hydrogens is 403 g/mol. The number of amides is 1. The van der Waals surface area contributed by atoms with E-state index in [1.165, 1.54) is 24.4 Å². The first kappa shape index (κ1) is 20.6. The molecule has 0 spiro atoms. The summed E-state index contributed by atoms with van der Waals surface area (Å²) in [5.74, 6) is -0.359. The molecule has 0 unspecified atom stereocenters. The van der Waals surface area contributed by atoms with Gasteiger partial charge in [-0.25, -0.2) is 12.8 Å². The van der Waals surface area contributed by atoms with Crippen molar-refractivity contribution in [3.05, 3.63) is 66.1 Å². The summed E-state index contributed by atoms with van der Waals surface area (Å²) in [5.41, 5.74) is 0.816. The first-order valence-electron chi connectivity index (χ1n) is 10.2. The van der Waals surface area contributed by atoms with Gasteiger partial charge in [-0.15, -0.1) is 0 Å². The predicted octanol–water partition coefficient (Wildman–Crippen LogP) is 4.01. The number of likely N-dealkylation sites (tertiary alicyclic amines) is 1. The quantitative estimate of drug-likeness (QED) is 0.617. The van der Waals surface area contributed by atoms with Crippen molar-refractivity contribution in [1.29, 1.82) is 0 Å². The molecule has 0 aliphatic carbocycles. The molecule has 2 aromatic carbocycles. The van der Waals surface area contributed by atoms with E-state index in [-0.39, 0.29) is 22.9 Å². The van der Waals surface area contributed by atoms with Crippen LogP contribution in [0.1, 0.15) is 25.3 Å². The summed E-state index contributed by atoms with van der Waals surface area (Å²) in [5, 5.41) is 0.550. The average molecular weight is 429 g/mol. The van der Waals surface area contributed by atoms with Crippen LogP contribution in [0.15, 0.2) is 59.6 Å². The van der Waals surface area contributed by atoms with E-state index in [0.717, 1.165) is 25.9 Å². The first-order chi connectivity index (χ1) is 14.3. The van der Waals surface area contributed by atoms with Gasteiger partial charge in [0.15, 0.2) is 9.84 Å². The lowest BCUT2D eigenvalue weighted by atomic mass is 9.99. The van der Waals surface area contributed by atoms with Crippen LogP contribution in [-0.4, -0.2) is 36.9 Å². The van der Waals surface area contributed by atoms with Gasteiger partial charge in [0, 0.05) is 35.8 Å². The molecule has 1 saturated heterocycles. The second kappa shape index (κ2) is 8.22. The average Bonchev–Trinajstić information content (AvgIpc) is 3.10. The number of piperidine rings is 1. The van der Waals surface area contributed by atoms with E-state index in [0.29, 0.717) is 16.8 Å². The van der Waals surface area contributed by atoms with Crippen molar-refractivity contribution in [2.45, 2.75) is 37.0 Å². The van der Waals surface area contributed by atoms with Gasteiger partial charge in [-0.1, -0.05) is 43.3 Å². The van der Waals surface area contributed by atoms with Crippen LogP contribution in [0.25, 0.3) is 10.9 Å². The molecule has 5 nitrogen and oxygen atoms in total. The molecular formula is C23H25FN2O3S. The summed E-state index contributed by atoms with van der Waals surface area (Å²) in [6, 6.07) is 13.0. The van der Waals surface area contributed by atoms with E-state index in [1.807, 2.05) is 17.0 Å². The van der Waals surface area contributed by atoms with Gasteiger partial charge < -0.3 is 9.47 Å². The Morgan fingerprint density at radius 2 is 1.73 bits per heavy atom. The van der Waals surface area contributed by atoms with E-state index in [2.05, 4.69) is 6.92 Å². The van der Waals surface area contributed by atoms with Gasteiger partial charge in [0.25, 0.3) is 0 Å². The fourth-order valence-corrected chi connectivity index (χ4v) is 5.59. The monoisotopic (exact) mass is 428 g/mol. The van der Waals surface area contributed by atoms with Crippen LogP contribution in [0.2, 0.25) is 0 Å². The molecule has 1 fully saturated rings. The summed E-state index contributed by atoms with van der Waals surface area (Å²) in [4.78, 5) is 14.8. The second-order valence-corrected chi connectivity index (χ2v) is 10.0. The molecule has 1 aliphatic rings. The van der Waals surface area contributed by atoms with Crippen LogP contribution in [0, 0.1) is 11.7 Å².